The molecule has 1 amide bonds. The summed E-state index contributed by atoms with van der Waals surface area (Å²) in [5.41, 5.74) is 0. The van der Waals surface area contributed by atoms with Gasteiger partial charge < -0.3 is 19.4 Å². The minimum absolute atomic E-state index is 0.125. The van der Waals surface area contributed by atoms with E-state index in [4.69, 9.17) is 16.6 Å². The van der Waals surface area contributed by atoms with Gasteiger partial charge in [-0.2, -0.15) is 0 Å². The van der Waals surface area contributed by atoms with Gasteiger partial charge in [-0.15, -0.1) is 0 Å². The summed E-state index contributed by atoms with van der Waals surface area (Å²) in [6, 6.07) is 3.22. The Hall–Kier alpha value is -1.58. The quantitative estimate of drug-likeness (QED) is 0.612. The molecule has 0 spiro atoms. The van der Waals surface area contributed by atoms with Crippen LogP contribution in [0.5, 0.6) is 0 Å². The highest BCUT2D eigenvalue weighted by Gasteiger charge is 2.30. The summed E-state index contributed by atoms with van der Waals surface area (Å²) in [6.07, 6.45) is 0.903. The van der Waals surface area contributed by atoms with Crippen molar-refractivity contribution in [2.45, 2.75) is 19.0 Å². The molecule has 2 aliphatic rings. The molecule has 1 atom stereocenters. The maximum absolute atomic E-state index is 12.6. The number of thioether (sulfide) groups is 1. The van der Waals surface area contributed by atoms with E-state index in [0.29, 0.717) is 23.2 Å². The lowest BCUT2D eigenvalue weighted by Crippen LogP contribution is -2.46. The van der Waals surface area contributed by atoms with E-state index in [9.17, 15) is 9.59 Å². The van der Waals surface area contributed by atoms with Crippen molar-refractivity contribution in [1.29, 1.82) is 0 Å². The van der Waals surface area contributed by atoms with Crippen molar-refractivity contribution < 1.29 is 18.7 Å². The lowest BCUT2D eigenvalue weighted by Gasteiger charge is -2.24. The van der Waals surface area contributed by atoms with E-state index in [1.54, 1.807) is 12.1 Å². The second-order valence-electron chi connectivity index (χ2n) is 6.01. The predicted octanol–water partition coefficient (Wildman–Crippen LogP) is 1.09. The van der Waals surface area contributed by atoms with Crippen molar-refractivity contribution in [3.8, 4) is 0 Å². The monoisotopic (exact) mass is 383 g/mol. The molecular weight excluding hydrogens is 362 g/mol. The van der Waals surface area contributed by atoms with Crippen LogP contribution in [-0.2, 0) is 16.1 Å². The second kappa shape index (κ2) is 8.20. The zero-order valence-corrected chi connectivity index (χ0v) is 15.7. The number of methoxy groups -OCH3 is 1. The van der Waals surface area contributed by atoms with Crippen molar-refractivity contribution in [3.05, 3.63) is 23.7 Å². The van der Waals surface area contributed by atoms with E-state index in [1.165, 1.54) is 18.9 Å². The molecule has 3 heterocycles. The van der Waals surface area contributed by atoms with Crippen LogP contribution in [0.2, 0.25) is 0 Å². The number of hydrogen-bond acceptors (Lipinski definition) is 7. The number of carbonyl (C=O) groups is 2. The number of carbonyl (C=O) groups excluding carboxylic acids is 2. The molecule has 1 aromatic heterocycles. The molecule has 1 aromatic rings. The summed E-state index contributed by atoms with van der Waals surface area (Å²) in [4.78, 5) is 28.2. The fourth-order valence-electron chi connectivity index (χ4n) is 2.98. The van der Waals surface area contributed by atoms with Gasteiger partial charge in [0.15, 0.2) is 0 Å². The van der Waals surface area contributed by atoms with Crippen molar-refractivity contribution in [3.63, 3.8) is 0 Å². The average molecular weight is 383 g/mol. The molecule has 1 unspecified atom stereocenters. The van der Waals surface area contributed by atoms with Crippen LogP contribution in [-0.4, -0.2) is 71.1 Å². The number of nitrogens with zero attached hydrogens (tertiary/aromatic N) is 2. The number of nitrogens with one attached hydrogen (secondary N) is 1. The summed E-state index contributed by atoms with van der Waals surface area (Å²) in [6.45, 7) is 3.68. The van der Waals surface area contributed by atoms with Crippen LogP contribution in [0.3, 0.4) is 0 Å². The van der Waals surface area contributed by atoms with Crippen LogP contribution >= 0.6 is 24.0 Å². The van der Waals surface area contributed by atoms with Crippen LogP contribution in [0.1, 0.15) is 22.7 Å². The molecule has 0 radical (unpaired) electrons. The summed E-state index contributed by atoms with van der Waals surface area (Å²) in [7, 11) is 1.33. The maximum atomic E-state index is 12.6. The van der Waals surface area contributed by atoms with E-state index in [0.717, 1.165) is 31.8 Å². The molecule has 0 saturated carbocycles. The number of rotatable bonds is 4. The van der Waals surface area contributed by atoms with Gasteiger partial charge >= 0.3 is 5.97 Å². The van der Waals surface area contributed by atoms with Gasteiger partial charge in [-0.1, -0.05) is 24.0 Å². The zero-order valence-electron chi connectivity index (χ0n) is 14.0. The largest absolute Gasteiger partial charge is 0.463 e. The zero-order chi connectivity index (χ0) is 17.8. The number of hydrogen-bond donors (Lipinski definition) is 1. The lowest BCUT2D eigenvalue weighted by atomic mass is 10.2. The molecule has 7 nitrogen and oxygen atoms in total. The molecule has 3 rings (SSSR count). The molecule has 25 heavy (non-hydrogen) atoms. The third kappa shape index (κ3) is 4.53. The van der Waals surface area contributed by atoms with Gasteiger partial charge in [0.2, 0.25) is 11.7 Å². The van der Waals surface area contributed by atoms with Crippen LogP contribution in [0, 0.1) is 0 Å². The molecule has 9 heteroatoms. The average Bonchev–Trinajstić information content (AvgIpc) is 3.18. The number of furan rings is 1. The van der Waals surface area contributed by atoms with E-state index in [-0.39, 0.29) is 17.7 Å². The van der Waals surface area contributed by atoms with Crippen LogP contribution in [0.4, 0.5) is 0 Å². The van der Waals surface area contributed by atoms with Crippen LogP contribution < -0.4 is 5.32 Å². The molecule has 2 aliphatic heterocycles. The molecule has 0 aromatic carbocycles. The van der Waals surface area contributed by atoms with Crippen molar-refractivity contribution in [2.75, 3.05) is 39.0 Å². The molecule has 1 N–H and O–H groups in total. The lowest BCUT2D eigenvalue weighted by molar-refractivity contribution is -0.132. The summed E-state index contributed by atoms with van der Waals surface area (Å²) in [5, 5.41) is 3.07. The fraction of sp³-hybridized carbons (Fsp3) is 0.562. The Morgan fingerprint density at radius 2 is 2.20 bits per heavy atom. The van der Waals surface area contributed by atoms with Crippen LogP contribution in [0.15, 0.2) is 16.5 Å². The third-order valence-corrected chi connectivity index (χ3v) is 5.65. The first kappa shape index (κ1) is 18.2. The Morgan fingerprint density at radius 3 is 2.92 bits per heavy atom. The van der Waals surface area contributed by atoms with Gasteiger partial charge in [0, 0.05) is 31.9 Å². The summed E-state index contributed by atoms with van der Waals surface area (Å²) < 4.78 is 10.9. The van der Waals surface area contributed by atoms with Crippen LogP contribution in [0.25, 0.3) is 0 Å². The van der Waals surface area contributed by atoms with Gasteiger partial charge in [0.1, 0.15) is 16.1 Å². The number of thiocarbonyl (C=S) groups is 1. The Morgan fingerprint density at radius 1 is 1.36 bits per heavy atom. The molecule has 0 aliphatic carbocycles. The van der Waals surface area contributed by atoms with Gasteiger partial charge in [-0.25, -0.2) is 4.79 Å². The molecule has 0 bridgehead atoms. The Balaban J connectivity index is 1.53. The smallest absolute Gasteiger partial charge is 0.373 e. The minimum Gasteiger partial charge on any atom is -0.463 e. The van der Waals surface area contributed by atoms with E-state index in [2.05, 4.69) is 15.0 Å². The summed E-state index contributed by atoms with van der Waals surface area (Å²) in [5.74, 6) is 1.30. The SMILES string of the molecule is COC(=O)c1ccc(CN2CCCN(C(=O)C3CSC(=S)N3)CC2)o1. The predicted molar refractivity (Wildman–Crippen MR) is 98.5 cm³/mol. The number of ether oxygens (including phenoxy) is 1. The van der Waals surface area contributed by atoms with Gasteiger partial charge in [0.25, 0.3) is 0 Å². The summed E-state index contributed by atoms with van der Waals surface area (Å²) >= 11 is 6.62. The molecule has 136 valence electrons. The first-order chi connectivity index (χ1) is 12.1. The fourth-order valence-corrected chi connectivity index (χ4v) is 4.10. The Bertz CT molecular complexity index is 664. The topological polar surface area (TPSA) is 75.0 Å². The number of esters is 1. The molecule has 2 fully saturated rings. The van der Waals surface area contributed by atoms with Crippen molar-refractivity contribution >= 4 is 40.2 Å². The molecule has 2 saturated heterocycles. The van der Waals surface area contributed by atoms with Gasteiger partial charge in [-0.05, 0) is 18.6 Å². The highest BCUT2D eigenvalue weighted by Crippen LogP contribution is 2.17. The highest BCUT2D eigenvalue weighted by atomic mass is 32.2. The maximum Gasteiger partial charge on any atom is 0.373 e. The van der Waals surface area contributed by atoms with E-state index in [1.807, 2.05) is 4.90 Å². The Labute approximate surface area is 156 Å². The Kier molecular flexibility index (Phi) is 5.98. The number of amides is 1. The van der Waals surface area contributed by atoms with Crippen molar-refractivity contribution in [2.24, 2.45) is 0 Å². The standard InChI is InChI=1S/C16H21N3O4S2/c1-22-15(21)13-4-3-11(23-13)9-18-5-2-6-19(8-7-18)14(20)12-10-25-16(24)17-12/h3-4,12H,2,5-10H2,1H3,(H,17,24). The third-order valence-electron chi connectivity index (χ3n) is 4.30. The van der Waals surface area contributed by atoms with Crippen molar-refractivity contribution in [1.82, 2.24) is 15.1 Å². The highest BCUT2D eigenvalue weighted by molar-refractivity contribution is 8.23. The first-order valence-electron chi connectivity index (χ1n) is 8.18. The van der Waals surface area contributed by atoms with E-state index >= 15 is 0 Å². The molecular formula is C16H21N3O4S2. The van der Waals surface area contributed by atoms with Gasteiger partial charge in [-0.3, -0.25) is 9.69 Å². The first-order valence-corrected chi connectivity index (χ1v) is 9.57. The second-order valence-corrected chi connectivity index (χ2v) is 7.70. The van der Waals surface area contributed by atoms with Gasteiger partial charge in [0.05, 0.1) is 13.7 Å². The normalized spacial score (nSPS) is 21.7. The van der Waals surface area contributed by atoms with E-state index < -0.39 is 5.97 Å². The minimum atomic E-state index is -0.473.